The molecule has 4 aromatic carbocycles. The summed E-state index contributed by atoms with van der Waals surface area (Å²) < 4.78 is 52.2. The van der Waals surface area contributed by atoms with Gasteiger partial charge in [-0.2, -0.15) is 0 Å². The molecule has 0 saturated heterocycles. The van der Waals surface area contributed by atoms with Crippen molar-refractivity contribution in [3.63, 3.8) is 0 Å². The maximum atomic E-state index is 7.28. The molecule has 8 aromatic rings. The molecule has 0 saturated carbocycles. The van der Waals surface area contributed by atoms with E-state index < -0.39 is 13.7 Å². The number of hydrogen-bond donors (Lipinski definition) is 0. The monoisotopic (exact) mass is 827 g/mol. The molecule has 4 aromatic heterocycles. The molecule has 1 radical (unpaired) electrons. The average molecular weight is 827 g/mol. The minimum Gasteiger partial charge on any atom is -0.501 e. The normalized spacial score (nSPS) is 13.6. The van der Waals surface area contributed by atoms with Crippen LogP contribution in [-0.2, 0) is 20.1 Å². The summed E-state index contributed by atoms with van der Waals surface area (Å²) in [7, 11) is 0. The number of nitrogens with zero attached hydrogens (tertiary/aromatic N) is 6. The van der Waals surface area contributed by atoms with Gasteiger partial charge in [0.05, 0.1) is 17.6 Å². The van der Waals surface area contributed by atoms with Crippen molar-refractivity contribution in [3.05, 3.63) is 132 Å². The first-order valence-corrected chi connectivity index (χ1v) is 15.7. The Labute approximate surface area is 308 Å². The van der Waals surface area contributed by atoms with Crippen LogP contribution in [0.3, 0.4) is 0 Å². The van der Waals surface area contributed by atoms with Gasteiger partial charge in [0.2, 0.25) is 0 Å². The van der Waals surface area contributed by atoms with Crippen LogP contribution in [0.1, 0.15) is 70.0 Å². The minimum absolute atomic E-state index is 0. The van der Waals surface area contributed by atoms with Crippen molar-refractivity contribution in [1.82, 2.24) is 29.9 Å². The first kappa shape index (κ1) is 26.9. The largest absolute Gasteiger partial charge is 0.501 e. The summed E-state index contributed by atoms with van der Waals surface area (Å²) in [5.74, 6) is 1.34. The SMILES string of the molecule is CC(C)c1cccc(C(C)C)c1-n1c(-c2[c-]ccc3c2oc2ccccc23)nc2nnncc21.[2H]C([2H])([2H])c1c[c-]c(-c2ccc(C([2H])([2H])[2H])cn2)cc1.[Ir]. The molecule has 0 bridgehead atoms. The Balaban J connectivity index is 0.000000211. The molecule has 0 spiro atoms. The van der Waals surface area contributed by atoms with Crippen molar-refractivity contribution < 1.29 is 32.7 Å². The predicted octanol–water partition coefficient (Wildman–Crippen LogP) is 9.99. The molecule has 0 unspecified atom stereocenters. The number of aryl methyl sites for hydroxylation is 2. The van der Waals surface area contributed by atoms with Gasteiger partial charge in [0.15, 0.2) is 5.65 Å². The summed E-state index contributed by atoms with van der Waals surface area (Å²) >= 11 is 0. The molecule has 4 heterocycles. The second-order valence-electron chi connectivity index (χ2n) is 12.1. The molecule has 247 valence electrons. The van der Waals surface area contributed by atoms with Crippen LogP contribution < -0.4 is 0 Å². The van der Waals surface area contributed by atoms with Crippen LogP contribution in [0.4, 0.5) is 0 Å². The molecule has 0 aliphatic carbocycles. The van der Waals surface area contributed by atoms with Crippen LogP contribution in [0.2, 0.25) is 0 Å². The van der Waals surface area contributed by atoms with Crippen LogP contribution in [0, 0.1) is 25.8 Å². The van der Waals surface area contributed by atoms with Gasteiger partial charge in [0.1, 0.15) is 11.1 Å². The number of furan rings is 1. The standard InChI is InChI=1S/C28H24N5O.C13H12N.Ir/c1-16(2)18-10-7-11-19(17(3)4)25(18)33-23-15-29-32-31-27(23)30-28(33)22-13-8-12-21-20-9-5-6-14-24(20)34-26(21)22;1-10-3-6-12(7-4-10)13-8-5-11(2)9-14-13;/h5-12,14-17H,1-4H3;3-6,8-9H,1-2H3;/q2*-1;/i;1D3,2D3;. The van der Waals surface area contributed by atoms with E-state index in [0.717, 1.165) is 44.5 Å². The number of para-hydroxylation sites is 2. The van der Waals surface area contributed by atoms with E-state index in [2.05, 4.69) is 89.1 Å². The van der Waals surface area contributed by atoms with Crippen LogP contribution in [0.25, 0.3) is 61.4 Å². The third-order valence-electron chi connectivity index (χ3n) is 8.25. The second kappa shape index (κ2) is 14.2. The Morgan fingerprint density at radius 2 is 1.57 bits per heavy atom. The number of fused-ring (bicyclic) bond motifs is 4. The Kier molecular flexibility index (Phi) is 7.79. The molecule has 0 atom stereocenters. The van der Waals surface area contributed by atoms with E-state index in [9.17, 15) is 0 Å². The van der Waals surface area contributed by atoms with E-state index in [1.54, 1.807) is 18.3 Å². The summed E-state index contributed by atoms with van der Waals surface area (Å²) in [4.78, 5) is 9.01. The molecule has 8 heteroatoms. The van der Waals surface area contributed by atoms with E-state index in [0.29, 0.717) is 28.7 Å². The van der Waals surface area contributed by atoms with Gasteiger partial charge < -0.3 is 14.0 Å². The van der Waals surface area contributed by atoms with Crippen molar-refractivity contribution in [3.8, 4) is 28.3 Å². The minimum atomic E-state index is -2.18. The van der Waals surface area contributed by atoms with Gasteiger partial charge in [-0.05, 0) is 52.4 Å². The molecule has 0 N–H and O–H groups in total. The van der Waals surface area contributed by atoms with Crippen LogP contribution in [0.5, 0.6) is 0 Å². The fourth-order valence-corrected chi connectivity index (χ4v) is 5.92. The zero-order valence-corrected chi connectivity index (χ0v) is 29.7. The fourth-order valence-electron chi connectivity index (χ4n) is 5.92. The van der Waals surface area contributed by atoms with Gasteiger partial charge in [0, 0.05) is 45.6 Å². The van der Waals surface area contributed by atoms with E-state index in [1.165, 1.54) is 35.5 Å². The zero-order chi connectivity index (χ0) is 38.4. The van der Waals surface area contributed by atoms with Gasteiger partial charge in [-0.1, -0.05) is 94.0 Å². The Morgan fingerprint density at radius 1 is 0.796 bits per heavy atom. The van der Waals surface area contributed by atoms with Crippen molar-refractivity contribution in [2.75, 3.05) is 0 Å². The van der Waals surface area contributed by atoms with Crippen molar-refractivity contribution >= 4 is 33.1 Å². The molecule has 0 aliphatic heterocycles. The maximum Gasteiger partial charge on any atom is 0.194 e. The number of aromatic nitrogens is 6. The third-order valence-corrected chi connectivity index (χ3v) is 8.25. The van der Waals surface area contributed by atoms with Gasteiger partial charge >= 0.3 is 0 Å². The van der Waals surface area contributed by atoms with Gasteiger partial charge in [0.25, 0.3) is 0 Å². The Bertz CT molecular complexity index is 2510. The Hall–Kier alpha value is -5.04. The maximum absolute atomic E-state index is 7.28. The second-order valence-corrected chi connectivity index (χ2v) is 12.1. The average Bonchev–Trinajstić information content (AvgIpc) is 3.73. The summed E-state index contributed by atoms with van der Waals surface area (Å²) in [5, 5.41) is 14.3. The predicted molar refractivity (Wildman–Crippen MR) is 192 cm³/mol. The van der Waals surface area contributed by atoms with Crippen LogP contribution in [-0.4, -0.2) is 29.9 Å². The number of hydrogen-bond acceptors (Lipinski definition) is 6. The van der Waals surface area contributed by atoms with Crippen LogP contribution >= 0.6 is 0 Å². The Morgan fingerprint density at radius 3 is 2.27 bits per heavy atom. The van der Waals surface area contributed by atoms with Crippen molar-refractivity contribution in [1.29, 1.82) is 0 Å². The molecule has 49 heavy (non-hydrogen) atoms. The topological polar surface area (TPSA) is 82.5 Å². The van der Waals surface area contributed by atoms with Gasteiger partial charge in [-0.3, -0.25) is 4.98 Å². The van der Waals surface area contributed by atoms with Gasteiger partial charge in [-0.15, -0.1) is 63.8 Å². The first-order valence-electron chi connectivity index (χ1n) is 18.7. The molecule has 0 amide bonds. The van der Waals surface area contributed by atoms with E-state index in [-0.39, 0.29) is 31.2 Å². The third kappa shape index (κ3) is 6.54. The summed E-state index contributed by atoms with van der Waals surface area (Å²) in [6.07, 6.45) is 3.03. The number of pyridine rings is 1. The fraction of sp³-hybridized carbons (Fsp3) is 0.195. The first-order chi connectivity index (χ1) is 25.7. The summed E-state index contributed by atoms with van der Waals surface area (Å²) in [6, 6.07) is 32.4. The van der Waals surface area contributed by atoms with Crippen molar-refractivity contribution in [2.45, 2.75) is 53.2 Å². The molecule has 0 fully saturated rings. The van der Waals surface area contributed by atoms with Crippen LogP contribution in [0.15, 0.2) is 102 Å². The molecule has 8 rings (SSSR count). The summed E-state index contributed by atoms with van der Waals surface area (Å²) in [6.45, 7) is 4.52. The van der Waals surface area contributed by atoms with Gasteiger partial charge in [-0.25, -0.2) is 0 Å². The molecule has 0 aliphatic rings. The number of rotatable bonds is 5. The smallest absolute Gasteiger partial charge is 0.194 e. The van der Waals surface area contributed by atoms with Crippen molar-refractivity contribution in [2.24, 2.45) is 0 Å². The number of imidazole rings is 1. The molecular weight excluding hydrogens is 785 g/mol. The molecule has 7 nitrogen and oxygen atoms in total. The zero-order valence-electron chi connectivity index (χ0n) is 33.3. The van der Waals surface area contributed by atoms with E-state index >= 15 is 0 Å². The van der Waals surface area contributed by atoms with E-state index in [1.807, 2.05) is 30.3 Å². The molecular formula is C41H36IrN6O-2. The van der Waals surface area contributed by atoms with E-state index in [4.69, 9.17) is 17.6 Å². The summed E-state index contributed by atoms with van der Waals surface area (Å²) in [5.41, 5.74) is 8.87. The number of benzene rings is 4. The quantitative estimate of drug-likeness (QED) is 0.161.